The van der Waals surface area contributed by atoms with Gasteiger partial charge in [-0.25, -0.2) is 0 Å². The predicted molar refractivity (Wildman–Crippen MR) is 241 cm³/mol. The monoisotopic (exact) mass is 1020 g/mol. The van der Waals surface area contributed by atoms with Gasteiger partial charge in [-0.3, -0.25) is 0 Å². The SMILES string of the molecule is C[C@@H]1CC[C@@]2(OC1)O[C@H]1C[C@H]3[C@@H]4CC[C@H]5C[C@@H](O[C@@H]6O[C@H](CO)[C@@H](O)[C@H](O[C@@H]7O[C@H](CO)[C@H](O[C@H]8O[C@@H](C)[C@H](O)[C@@H](O)[C@@H]8O)[C@H](O)[C@H]7O)[C@H]6O[C@@H]6OC[C@@H](O)[C@H](O)[C@H]6O)CC[C@]5(C)[C@H]4CC[C@]3(C)[C@H]1[C@@H]2C. The normalized spacial score (nSPS) is 58.5. The Kier molecular flexibility index (Phi) is 15.5. The molecule has 21 heteroatoms. The van der Waals surface area contributed by atoms with Gasteiger partial charge >= 0.3 is 0 Å². The molecule has 0 radical (unpaired) electrons. The van der Waals surface area contributed by atoms with E-state index in [2.05, 4.69) is 27.7 Å². The van der Waals surface area contributed by atoms with Crippen LogP contribution in [0.25, 0.3) is 0 Å². The molecule has 0 amide bonds. The summed E-state index contributed by atoms with van der Waals surface area (Å²) in [5.41, 5.74) is 0.232. The van der Waals surface area contributed by atoms with Gasteiger partial charge < -0.3 is 104 Å². The van der Waals surface area contributed by atoms with Crippen LogP contribution in [-0.4, -0.2) is 217 Å². The summed E-state index contributed by atoms with van der Waals surface area (Å²) in [7, 11) is 0. The molecule has 0 aromatic heterocycles. The van der Waals surface area contributed by atoms with E-state index in [0.717, 1.165) is 58.0 Å². The predicted octanol–water partition coefficient (Wildman–Crippen LogP) is -1.24. The van der Waals surface area contributed by atoms with E-state index in [9.17, 15) is 56.2 Å². The molecule has 0 aromatic rings. The Morgan fingerprint density at radius 2 is 1.20 bits per heavy atom. The fourth-order valence-electron chi connectivity index (χ4n) is 15.8. The Hall–Kier alpha value is -0.840. The molecule has 6 aliphatic heterocycles. The highest BCUT2D eigenvalue weighted by atomic mass is 16.8. The van der Waals surface area contributed by atoms with Gasteiger partial charge in [0.25, 0.3) is 0 Å². The third-order valence-electron chi connectivity index (χ3n) is 20.0. The van der Waals surface area contributed by atoms with Crippen LogP contribution in [0.15, 0.2) is 0 Å². The van der Waals surface area contributed by atoms with Crippen molar-refractivity contribution < 1.29 is 104 Å². The Labute approximate surface area is 414 Å². The lowest BCUT2D eigenvalue weighted by atomic mass is 9.44. The average molecular weight is 1020 g/mol. The van der Waals surface area contributed by atoms with Crippen molar-refractivity contribution in [2.75, 3.05) is 26.4 Å². The Morgan fingerprint density at radius 3 is 1.92 bits per heavy atom. The van der Waals surface area contributed by atoms with E-state index in [1.165, 1.54) is 6.92 Å². The zero-order valence-corrected chi connectivity index (χ0v) is 41.6. The van der Waals surface area contributed by atoms with E-state index in [1.54, 1.807) is 0 Å². The Balaban J connectivity index is 0.847. The molecular weight excluding hydrogens is 937 g/mol. The van der Waals surface area contributed by atoms with Crippen molar-refractivity contribution in [2.45, 2.75) is 234 Å². The van der Waals surface area contributed by atoms with Crippen LogP contribution in [0, 0.1) is 52.3 Å². The standard InChI is InChI=1S/C50H82O21/c1-20-8-13-50(63-18-20)21(2)32-29(71-50)15-27-25-7-6-23-14-24(9-11-48(23,4)26(25)10-12-49(27,32)5)65-47-43(70-44-38(59)34(55)28(53)19-62-44)42(35(56)30(16-51)66-47)69-46-40(61)37(58)41(31(17-52)67-46)68-45-39(60)36(57)33(54)22(3)64-45/h20-47,51-61H,6-19H2,1-5H3/t20-,21+,22+,23+,24+,25-,26+,27+,28-,29+,30-,31-,32+,33+,34+,35-,36-,37-,38-,39+,40-,41+,42+,43-,44+,45-,46+,47-,48+,49+,50-/m1/s1. The summed E-state index contributed by atoms with van der Waals surface area (Å²) in [6.07, 6.45) is -20.8. The highest BCUT2D eigenvalue weighted by Gasteiger charge is 2.69. The summed E-state index contributed by atoms with van der Waals surface area (Å²) >= 11 is 0. The number of hydrogen-bond acceptors (Lipinski definition) is 21. The van der Waals surface area contributed by atoms with Gasteiger partial charge in [0, 0.05) is 12.3 Å². The smallest absolute Gasteiger partial charge is 0.187 e. The van der Waals surface area contributed by atoms with Crippen LogP contribution in [0.4, 0.5) is 0 Å². The fraction of sp³-hybridized carbons (Fsp3) is 1.00. The molecule has 31 atom stereocenters. The molecule has 6 heterocycles. The molecule has 4 aliphatic carbocycles. The van der Waals surface area contributed by atoms with E-state index in [4.69, 9.17) is 47.4 Å². The molecule has 1 spiro atoms. The van der Waals surface area contributed by atoms with Gasteiger partial charge in [-0.15, -0.1) is 0 Å². The maximum absolute atomic E-state index is 11.8. The first-order valence-electron chi connectivity index (χ1n) is 26.6. The van der Waals surface area contributed by atoms with Crippen LogP contribution >= 0.6 is 0 Å². The van der Waals surface area contributed by atoms with Crippen molar-refractivity contribution in [2.24, 2.45) is 52.3 Å². The molecule has 408 valence electrons. The molecule has 0 unspecified atom stereocenters. The van der Waals surface area contributed by atoms with Crippen molar-refractivity contribution >= 4 is 0 Å². The van der Waals surface area contributed by atoms with Crippen LogP contribution in [0.5, 0.6) is 0 Å². The minimum atomic E-state index is -1.97. The van der Waals surface area contributed by atoms with E-state index >= 15 is 0 Å². The van der Waals surface area contributed by atoms with Crippen LogP contribution in [0.2, 0.25) is 0 Å². The summed E-state index contributed by atoms with van der Waals surface area (Å²) in [5, 5.41) is 119. The second-order valence-electron chi connectivity index (χ2n) is 23.9. The van der Waals surface area contributed by atoms with Crippen LogP contribution < -0.4 is 0 Å². The second kappa shape index (κ2) is 20.5. The first-order valence-corrected chi connectivity index (χ1v) is 26.6. The number of aliphatic hydroxyl groups excluding tert-OH is 11. The molecule has 71 heavy (non-hydrogen) atoms. The van der Waals surface area contributed by atoms with E-state index < -0.39 is 148 Å². The fourth-order valence-corrected chi connectivity index (χ4v) is 15.8. The number of ether oxygens (including phenoxy) is 10. The van der Waals surface area contributed by atoms with E-state index in [0.29, 0.717) is 54.3 Å². The third-order valence-corrected chi connectivity index (χ3v) is 20.0. The quantitative estimate of drug-likeness (QED) is 0.114. The maximum Gasteiger partial charge on any atom is 0.187 e. The highest BCUT2D eigenvalue weighted by molar-refractivity contribution is 5.15. The summed E-state index contributed by atoms with van der Waals surface area (Å²) in [5.74, 6) is 2.90. The second-order valence-corrected chi connectivity index (χ2v) is 23.9. The summed E-state index contributed by atoms with van der Waals surface area (Å²) in [4.78, 5) is 0. The van der Waals surface area contributed by atoms with Gasteiger partial charge in [-0.2, -0.15) is 0 Å². The number of hydrogen-bond donors (Lipinski definition) is 11. The maximum atomic E-state index is 11.8. The molecule has 10 fully saturated rings. The van der Waals surface area contributed by atoms with Gasteiger partial charge in [0.15, 0.2) is 30.9 Å². The van der Waals surface area contributed by atoms with Gasteiger partial charge in [0.2, 0.25) is 0 Å². The van der Waals surface area contributed by atoms with Gasteiger partial charge in [0.05, 0.1) is 44.7 Å². The molecule has 6 saturated heterocycles. The van der Waals surface area contributed by atoms with Gasteiger partial charge in [0.1, 0.15) is 85.5 Å². The molecule has 10 aliphatic rings. The molecule has 21 nitrogen and oxygen atoms in total. The number of rotatable bonds is 10. The molecule has 11 N–H and O–H groups in total. The minimum absolute atomic E-state index is 0.0502. The average Bonchev–Trinajstić information content (AvgIpc) is 3.80. The summed E-state index contributed by atoms with van der Waals surface area (Å²) in [6.45, 7) is 9.84. The summed E-state index contributed by atoms with van der Waals surface area (Å²) in [6, 6.07) is 0. The first-order chi connectivity index (χ1) is 33.7. The van der Waals surface area contributed by atoms with Crippen molar-refractivity contribution in [3.05, 3.63) is 0 Å². The van der Waals surface area contributed by atoms with Crippen molar-refractivity contribution in [3.8, 4) is 0 Å². The molecule has 0 bridgehead atoms. The van der Waals surface area contributed by atoms with Crippen LogP contribution in [-0.2, 0) is 47.4 Å². The van der Waals surface area contributed by atoms with E-state index in [1.807, 2.05) is 0 Å². The zero-order valence-electron chi connectivity index (χ0n) is 41.6. The number of fused-ring (bicyclic) bond motifs is 7. The Bertz CT molecular complexity index is 1810. The van der Waals surface area contributed by atoms with Gasteiger partial charge in [-0.05, 0) is 111 Å². The third kappa shape index (κ3) is 9.20. The van der Waals surface area contributed by atoms with Crippen molar-refractivity contribution in [3.63, 3.8) is 0 Å². The molecule has 4 saturated carbocycles. The number of aliphatic hydroxyl groups is 11. The lowest BCUT2D eigenvalue weighted by molar-refractivity contribution is -0.398. The topological polar surface area (TPSA) is 315 Å². The molecule has 10 rings (SSSR count). The largest absolute Gasteiger partial charge is 0.394 e. The van der Waals surface area contributed by atoms with Crippen LogP contribution in [0.3, 0.4) is 0 Å². The molecular formula is C50H82O21. The van der Waals surface area contributed by atoms with Crippen LogP contribution in [0.1, 0.15) is 98.8 Å². The van der Waals surface area contributed by atoms with Crippen molar-refractivity contribution in [1.82, 2.24) is 0 Å². The summed E-state index contributed by atoms with van der Waals surface area (Å²) < 4.78 is 62.1. The lowest BCUT2D eigenvalue weighted by Crippen LogP contribution is -2.67. The first kappa shape index (κ1) is 53.6. The van der Waals surface area contributed by atoms with Gasteiger partial charge in [-0.1, -0.05) is 27.7 Å². The minimum Gasteiger partial charge on any atom is -0.394 e. The Morgan fingerprint density at radius 1 is 0.535 bits per heavy atom. The lowest BCUT2D eigenvalue weighted by Gasteiger charge is -2.61. The molecule has 0 aromatic carbocycles. The van der Waals surface area contributed by atoms with Crippen molar-refractivity contribution in [1.29, 1.82) is 0 Å². The van der Waals surface area contributed by atoms with E-state index in [-0.39, 0.29) is 16.9 Å². The highest BCUT2D eigenvalue weighted by Crippen LogP contribution is 2.71. The zero-order chi connectivity index (χ0) is 50.6.